The van der Waals surface area contributed by atoms with Crippen molar-refractivity contribution in [1.29, 1.82) is 0 Å². The number of hydrogen-bond donors (Lipinski definition) is 1. The Morgan fingerprint density at radius 3 is 2.63 bits per heavy atom. The van der Waals surface area contributed by atoms with Crippen LogP contribution < -0.4 is 9.47 Å². The van der Waals surface area contributed by atoms with Gasteiger partial charge in [-0.3, -0.25) is 0 Å². The Morgan fingerprint density at radius 2 is 1.81 bits per heavy atom. The summed E-state index contributed by atoms with van der Waals surface area (Å²) < 4.78 is 11.3. The van der Waals surface area contributed by atoms with Crippen LogP contribution in [-0.2, 0) is 12.8 Å². The van der Waals surface area contributed by atoms with E-state index in [0.29, 0.717) is 13.2 Å². The largest absolute Gasteiger partial charge is 0.497 e. The highest BCUT2D eigenvalue weighted by Crippen LogP contribution is 2.22. The van der Waals surface area contributed by atoms with Crippen LogP contribution in [0.2, 0.25) is 0 Å². The molecule has 146 valence electrons. The summed E-state index contributed by atoms with van der Waals surface area (Å²) in [5.74, 6) is 1.76. The number of aliphatic hydroxyl groups is 1. The molecule has 2 aromatic carbocycles. The zero-order valence-electron chi connectivity index (χ0n) is 16.3. The van der Waals surface area contributed by atoms with Crippen LogP contribution in [0.5, 0.6) is 11.5 Å². The fraction of sp³-hybridized carbons (Fsp3) is 0.478. The molecule has 0 spiro atoms. The molecule has 1 aliphatic heterocycles. The SMILES string of the molecule is COc1cccc(CCc2ccccc2OCC(O)CN2CCCCC2)c1. The Morgan fingerprint density at radius 1 is 1.00 bits per heavy atom. The summed E-state index contributed by atoms with van der Waals surface area (Å²) >= 11 is 0. The predicted octanol–water partition coefficient (Wildman–Crippen LogP) is 3.71. The summed E-state index contributed by atoms with van der Waals surface area (Å²) in [4.78, 5) is 2.34. The van der Waals surface area contributed by atoms with Crippen molar-refractivity contribution in [2.24, 2.45) is 0 Å². The Hall–Kier alpha value is -2.04. The molecule has 4 nitrogen and oxygen atoms in total. The molecule has 1 fully saturated rings. The molecule has 1 aliphatic rings. The number of nitrogens with zero attached hydrogens (tertiary/aromatic N) is 1. The third kappa shape index (κ3) is 6.26. The Balaban J connectivity index is 1.52. The number of piperidine rings is 1. The van der Waals surface area contributed by atoms with Gasteiger partial charge in [0.1, 0.15) is 24.2 Å². The number of methoxy groups -OCH3 is 1. The lowest BCUT2D eigenvalue weighted by molar-refractivity contribution is 0.0614. The van der Waals surface area contributed by atoms with Gasteiger partial charge in [-0.1, -0.05) is 36.8 Å². The number of aliphatic hydroxyl groups excluding tert-OH is 1. The van der Waals surface area contributed by atoms with Crippen LogP contribution in [0, 0.1) is 0 Å². The van der Waals surface area contributed by atoms with E-state index in [-0.39, 0.29) is 0 Å². The number of rotatable bonds is 9. The first-order valence-corrected chi connectivity index (χ1v) is 9.98. The predicted molar refractivity (Wildman–Crippen MR) is 109 cm³/mol. The van der Waals surface area contributed by atoms with Gasteiger partial charge in [0.15, 0.2) is 0 Å². The van der Waals surface area contributed by atoms with Crippen LogP contribution in [0.4, 0.5) is 0 Å². The van der Waals surface area contributed by atoms with E-state index >= 15 is 0 Å². The third-order valence-electron chi connectivity index (χ3n) is 5.14. The Kier molecular flexibility index (Phi) is 7.55. The summed E-state index contributed by atoms with van der Waals surface area (Å²) in [5.41, 5.74) is 2.42. The van der Waals surface area contributed by atoms with Gasteiger partial charge in [0.25, 0.3) is 0 Å². The highest BCUT2D eigenvalue weighted by Gasteiger charge is 2.15. The van der Waals surface area contributed by atoms with E-state index in [1.165, 1.54) is 30.4 Å². The first kappa shape index (κ1) is 19.7. The smallest absolute Gasteiger partial charge is 0.122 e. The van der Waals surface area contributed by atoms with Gasteiger partial charge < -0.3 is 19.5 Å². The first-order chi connectivity index (χ1) is 13.2. The van der Waals surface area contributed by atoms with Crippen molar-refractivity contribution in [2.45, 2.75) is 38.2 Å². The number of ether oxygens (including phenoxy) is 2. The van der Waals surface area contributed by atoms with E-state index in [4.69, 9.17) is 9.47 Å². The molecular formula is C23H31NO3. The topological polar surface area (TPSA) is 41.9 Å². The minimum atomic E-state index is -0.449. The monoisotopic (exact) mass is 369 g/mol. The fourth-order valence-electron chi connectivity index (χ4n) is 3.64. The minimum absolute atomic E-state index is 0.340. The Labute approximate surface area is 162 Å². The highest BCUT2D eigenvalue weighted by atomic mass is 16.5. The maximum atomic E-state index is 10.3. The molecule has 2 aromatic rings. The zero-order valence-corrected chi connectivity index (χ0v) is 16.3. The number of likely N-dealkylation sites (tertiary alicyclic amines) is 1. The Bertz CT molecular complexity index is 698. The molecule has 0 saturated carbocycles. The number of para-hydroxylation sites is 1. The molecule has 1 N–H and O–H groups in total. The van der Waals surface area contributed by atoms with E-state index in [1.807, 2.05) is 30.3 Å². The van der Waals surface area contributed by atoms with Gasteiger partial charge in [-0.2, -0.15) is 0 Å². The molecule has 0 aromatic heterocycles. The van der Waals surface area contributed by atoms with Crippen molar-refractivity contribution < 1.29 is 14.6 Å². The number of hydrogen-bond acceptors (Lipinski definition) is 4. The van der Waals surface area contributed by atoms with Gasteiger partial charge in [0.2, 0.25) is 0 Å². The standard InChI is InChI=1S/C23H31NO3/c1-26-22-10-7-8-19(16-22)12-13-20-9-3-4-11-23(20)27-18-21(25)17-24-14-5-2-6-15-24/h3-4,7-11,16,21,25H,2,5-6,12-15,17-18H2,1H3. The van der Waals surface area contributed by atoms with Crippen molar-refractivity contribution in [1.82, 2.24) is 4.90 Å². The fourth-order valence-corrected chi connectivity index (χ4v) is 3.64. The summed E-state index contributed by atoms with van der Waals surface area (Å²) in [6.45, 7) is 3.22. The summed E-state index contributed by atoms with van der Waals surface area (Å²) in [6.07, 6.45) is 5.15. The van der Waals surface area contributed by atoms with Gasteiger partial charge in [-0.05, 0) is 68.1 Å². The van der Waals surface area contributed by atoms with Crippen LogP contribution in [0.1, 0.15) is 30.4 Å². The van der Waals surface area contributed by atoms with Crippen LogP contribution in [0.15, 0.2) is 48.5 Å². The van der Waals surface area contributed by atoms with E-state index in [9.17, 15) is 5.11 Å². The quantitative estimate of drug-likeness (QED) is 0.732. The van der Waals surface area contributed by atoms with Gasteiger partial charge >= 0.3 is 0 Å². The molecule has 0 bridgehead atoms. The van der Waals surface area contributed by atoms with Crippen LogP contribution in [-0.4, -0.2) is 49.5 Å². The average molecular weight is 370 g/mol. The second-order valence-corrected chi connectivity index (χ2v) is 7.29. The molecule has 1 heterocycles. The van der Waals surface area contributed by atoms with Crippen molar-refractivity contribution in [3.63, 3.8) is 0 Å². The van der Waals surface area contributed by atoms with E-state index in [1.54, 1.807) is 7.11 Å². The van der Waals surface area contributed by atoms with Crippen molar-refractivity contribution in [3.05, 3.63) is 59.7 Å². The van der Waals surface area contributed by atoms with Gasteiger partial charge in [-0.25, -0.2) is 0 Å². The summed E-state index contributed by atoms with van der Waals surface area (Å²) in [5, 5.41) is 10.3. The summed E-state index contributed by atoms with van der Waals surface area (Å²) in [6, 6.07) is 16.3. The van der Waals surface area contributed by atoms with Crippen LogP contribution >= 0.6 is 0 Å². The minimum Gasteiger partial charge on any atom is -0.497 e. The summed E-state index contributed by atoms with van der Waals surface area (Å²) in [7, 11) is 1.69. The number of benzene rings is 2. The molecule has 27 heavy (non-hydrogen) atoms. The highest BCUT2D eigenvalue weighted by molar-refractivity contribution is 5.35. The maximum absolute atomic E-state index is 10.3. The van der Waals surface area contributed by atoms with Crippen LogP contribution in [0.3, 0.4) is 0 Å². The normalized spacial score (nSPS) is 16.1. The molecule has 0 amide bonds. The van der Waals surface area contributed by atoms with Crippen LogP contribution in [0.25, 0.3) is 0 Å². The maximum Gasteiger partial charge on any atom is 0.122 e. The lowest BCUT2D eigenvalue weighted by Crippen LogP contribution is -2.38. The molecule has 0 radical (unpaired) electrons. The molecular weight excluding hydrogens is 338 g/mol. The number of β-amino-alcohol motifs (C(OH)–C–C–N with tert-alkyl or cyclic N) is 1. The molecule has 1 unspecified atom stereocenters. The second-order valence-electron chi connectivity index (χ2n) is 7.29. The molecule has 1 saturated heterocycles. The van der Waals surface area contributed by atoms with Gasteiger partial charge in [0.05, 0.1) is 7.11 Å². The molecule has 1 atom stereocenters. The lowest BCUT2D eigenvalue weighted by Gasteiger charge is -2.28. The lowest BCUT2D eigenvalue weighted by atomic mass is 10.0. The van der Waals surface area contributed by atoms with E-state index in [0.717, 1.165) is 37.4 Å². The van der Waals surface area contributed by atoms with Gasteiger partial charge in [-0.15, -0.1) is 0 Å². The first-order valence-electron chi connectivity index (χ1n) is 9.98. The average Bonchev–Trinajstić information content (AvgIpc) is 2.72. The second kappa shape index (κ2) is 10.3. The molecule has 3 rings (SSSR count). The van der Waals surface area contributed by atoms with Crippen molar-refractivity contribution >= 4 is 0 Å². The van der Waals surface area contributed by atoms with Gasteiger partial charge in [0, 0.05) is 6.54 Å². The van der Waals surface area contributed by atoms with E-state index in [2.05, 4.69) is 23.1 Å². The number of aryl methyl sites for hydroxylation is 2. The van der Waals surface area contributed by atoms with E-state index < -0.39 is 6.10 Å². The third-order valence-corrected chi connectivity index (χ3v) is 5.14. The molecule has 4 heteroatoms. The van der Waals surface area contributed by atoms with Crippen molar-refractivity contribution in [3.8, 4) is 11.5 Å². The van der Waals surface area contributed by atoms with Crippen molar-refractivity contribution in [2.75, 3.05) is 33.4 Å². The molecule has 0 aliphatic carbocycles. The zero-order chi connectivity index (χ0) is 18.9.